The van der Waals surface area contributed by atoms with E-state index in [1.807, 2.05) is 0 Å². The van der Waals surface area contributed by atoms with Gasteiger partial charge in [-0.25, -0.2) is 0 Å². The normalized spacial score (nSPS) is 11.8. The zero-order valence-electron chi connectivity index (χ0n) is 12.5. The summed E-state index contributed by atoms with van der Waals surface area (Å²) in [6.45, 7) is 11.0. The van der Waals surface area contributed by atoms with E-state index >= 15 is 0 Å². The van der Waals surface area contributed by atoms with Gasteiger partial charge < -0.3 is 5.32 Å². The highest BCUT2D eigenvalue weighted by molar-refractivity contribution is 5.27. The minimum absolute atomic E-state index is 0.565. The van der Waals surface area contributed by atoms with E-state index in [0.29, 0.717) is 12.1 Å². The molecule has 0 radical (unpaired) electrons. The molecule has 2 heteroatoms. The van der Waals surface area contributed by atoms with Crippen molar-refractivity contribution in [1.29, 1.82) is 0 Å². The van der Waals surface area contributed by atoms with Gasteiger partial charge in [0.1, 0.15) is 0 Å². The Hall–Kier alpha value is -0.860. The van der Waals surface area contributed by atoms with E-state index in [1.165, 1.54) is 11.1 Å². The molecule has 2 nitrogen and oxygen atoms in total. The van der Waals surface area contributed by atoms with Crippen LogP contribution in [0.2, 0.25) is 0 Å². The molecule has 0 aliphatic rings. The van der Waals surface area contributed by atoms with Crippen LogP contribution in [0.5, 0.6) is 0 Å². The molecule has 0 spiro atoms. The summed E-state index contributed by atoms with van der Waals surface area (Å²) in [4.78, 5) is 2.38. The van der Waals surface area contributed by atoms with Crippen molar-refractivity contribution < 1.29 is 0 Å². The van der Waals surface area contributed by atoms with Crippen LogP contribution in [0, 0.1) is 0 Å². The quantitative estimate of drug-likeness (QED) is 0.798. The van der Waals surface area contributed by atoms with Crippen LogP contribution in [-0.4, -0.2) is 30.6 Å². The number of nitrogens with zero attached hydrogens (tertiary/aromatic N) is 1. The molecule has 0 bridgehead atoms. The fraction of sp³-hybridized carbons (Fsp3) is 0.625. The molecule has 0 unspecified atom stereocenters. The fourth-order valence-corrected chi connectivity index (χ4v) is 1.90. The van der Waals surface area contributed by atoms with Gasteiger partial charge in [0.05, 0.1) is 0 Å². The third kappa shape index (κ3) is 5.19. The van der Waals surface area contributed by atoms with Crippen molar-refractivity contribution in [1.82, 2.24) is 10.2 Å². The maximum absolute atomic E-state index is 3.48. The average molecular weight is 248 g/mol. The highest BCUT2D eigenvalue weighted by atomic mass is 15.1. The van der Waals surface area contributed by atoms with E-state index < -0.39 is 0 Å². The van der Waals surface area contributed by atoms with Gasteiger partial charge in [-0.15, -0.1) is 0 Å². The van der Waals surface area contributed by atoms with Crippen LogP contribution >= 0.6 is 0 Å². The molecule has 1 rings (SSSR count). The molecule has 0 atom stereocenters. The van der Waals surface area contributed by atoms with Gasteiger partial charge >= 0.3 is 0 Å². The van der Waals surface area contributed by atoms with Crippen LogP contribution in [0.4, 0.5) is 0 Å². The summed E-state index contributed by atoms with van der Waals surface area (Å²) in [6.07, 6.45) is 1.11. The zero-order valence-corrected chi connectivity index (χ0v) is 12.5. The molecule has 1 aromatic rings. The Labute approximate surface area is 112 Å². The predicted octanol–water partition coefficient (Wildman–Crippen LogP) is 3.07. The largest absolute Gasteiger partial charge is 0.314 e. The van der Waals surface area contributed by atoms with E-state index in [2.05, 4.69) is 69.2 Å². The highest BCUT2D eigenvalue weighted by Gasteiger charge is 2.07. The van der Waals surface area contributed by atoms with Crippen LogP contribution in [0.3, 0.4) is 0 Å². The minimum Gasteiger partial charge on any atom is -0.314 e. The van der Waals surface area contributed by atoms with Crippen molar-refractivity contribution in [3.63, 3.8) is 0 Å². The Balaban J connectivity index is 2.61. The van der Waals surface area contributed by atoms with Crippen molar-refractivity contribution in [3.05, 3.63) is 35.4 Å². The number of hydrogen-bond acceptors (Lipinski definition) is 2. The first-order valence-electron chi connectivity index (χ1n) is 7.01. The van der Waals surface area contributed by atoms with Crippen LogP contribution in [-0.2, 0) is 13.0 Å². The molecule has 0 heterocycles. The Morgan fingerprint density at radius 2 is 1.67 bits per heavy atom. The number of benzene rings is 1. The summed E-state index contributed by atoms with van der Waals surface area (Å²) >= 11 is 0. The Morgan fingerprint density at radius 3 is 2.22 bits per heavy atom. The first-order valence-corrected chi connectivity index (χ1v) is 7.01. The Bertz CT molecular complexity index is 345. The lowest BCUT2D eigenvalue weighted by atomic mass is 10.0. The van der Waals surface area contributed by atoms with Crippen LogP contribution in [0.1, 0.15) is 38.8 Å². The van der Waals surface area contributed by atoms with Gasteiger partial charge in [0.15, 0.2) is 0 Å². The molecule has 0 aromatic heterocycles. The number of hydrogen-bond donors (Lipinski definition) is 1. The van der Waals surface area contributed by atoms with Gasteiger partial charge in [-0.05, 0) is 45.0 Å². The third-order valence-electron chi connectivity index (χ3n) is 3.37. The first kappa shape index (κ1) is 15.2. The van der Waals surface area contributed by atoms with Gasteiger partial charge in [-0.3, -0.25) is 4.90 Å². The van der Waals surface area contributed by atoms with Crippen molar-refractivity contribution in [2.24, 2.45) is 0 Å². The molecule has 1 N–H and O–H groups in total. The molecule has 0 aliphatic heterocycles. The van der Waals surface area contributed by atoms with Gasteiger partial charge in [-0.2, -0.15) is 0 Å². The number of rotatable bonds is 7. The van der Waals surface area contributed by atoms with E-state index in [-0.39, 0.29) is 0 Å². The van der Waals surface area contributed by atoms with E-state index in [9.17, 15) is 0 Å². The lowest BCUT2D eigenvalue weighted by Crippen LogP contribution is -2.27. The molecular formula is C16H28N2. The summed E-state index contributed by atoms with van der Waals surface area (Å²) in [7, 11) is 2.19. The zero-order chi connectivity index (χ0) is 13.5. The highest BCUT2D eigenvalue weighted by Crippen LogP contribution is 2.13. The second kappa shape index (κ2) is 7.55. The maximum Gasteiger partial charge on any atom is 0.0236 e. The molecule has 0 amide bonds. The van der Waals surface area contributed by atoms with Crippen molar-refractivity contribution in [2.75, 3.05) is 13.6 Å². The SMILES string of the molecule is CC(C)NCCc1ccccc1CN(C)C(C)C. The van der Waals surface area contributed by atoms with Crippen LogP contribution in [0.15, 0.2) is 24.3 Å². The Kier molecular flexibility index (Phi) is 6.37. The fourth-order valence-electron chi connectivity index (χ4n) is 1.90. The second-order valence-electron chi connectivity index (χ2n) is 5.64. The van der Waals surface area contributed by atoms with Crippen LogP contribution in [0.25, 0.3) is 0 Å². The molecule has 18 heavy (non-hydrogen) atoms. The third-order valence-corrected chi connectivity index (χ3v) is 3.37. The monoisotopic (exact) mass is 248 g/mol. The molecule has 1 aromatic carbocycles. The van der Waals surface area contributed by atoms with E-state index in [1.54, 1.807) is 0 Å². The van der Waals surface area contributed by atoms with E-state index in [0.717, 1.165) is 19.5 Å². The lowest BCUT2D eigenvalue weighted by molar-refractivity contribution is 0.265. The summed E-state index contributed by atoms with van der Waals surface area (Å²) in [5, 5.41) is 3.48. The smallest absolute Gasteiger partial charge is 0.0236 e. The predicted molar refractivity (Wildman–Crippen MR) is 79.9 cm³/mol. The van der Waals surface area contributed by atoms with Gasteiger partial charge in [0.25, 0.3) is 0 Å². The topological polar surface area (TPSA) is 15.3 Å². The lowest BCUT2D eigenvalue weighted by Gasteiger charge is -2.22. The maximum atomic E-state index is 3.48. The second-order valence-corrected chi connectivity index (χ2v) is 5.64. The van der Waals surface area contributed by atoms with Crippen LogP contribution < -0.4 is 5.32 Å². The number of nitrogens with one attached hydrogen (secondary N) is 1. The molecular weight excluding hydrogens is 220 g/mol. The summed E-state index contributed by atoms with van der Waals surface area (Å²) in [5.74, 6) is 0. The van der Waals surface area contributed by atoms with Crippen molar-refractivity contribution >= 4 is 0 Å². The molecule has 102 valence electrons. The van der Waals surface area contributed by atoms with Gasteiger partial charge in [0.2, 0.25) is 0 Å². The Morgan fingerprint density at radius 1 is 1.06 bits per heavy atom. The van der Waals surface area contributed by atoms with Crippen molar-refractivity contribution in [2.45, 2.75) is 52.7 Å². The van der Waals surface area contributed by atoms with Crippen molar-refractivity contribution in [3.8, 4) is 0 Å². The van der Waals surface area contributed by atoms with Gasteiger partial charge in [0, 0.05) is 18.6 Å². The standard InChI is InChI=1S/C16H28N2/c1-13(2)17-11-10-15-8-6-7-9-16(15)12-18(5)14(3)4/h6-9,13-14,17H,10-12H2,1-5H3. The summed E-state index contributed by atoms with van der Waals surface area (Å²) in [5.41, 5.74) is 2.93. The minimum atomic E-state index is 0.565. The molecule has 0 saturated heterocycles. The molecule has 0 saturated carbocycles. The summed E-state index contributed by atoms with van der Waals surface area (Å²) in [6, 6.07) is 9.95. The first-order chi connectivity index (χ1) is 8.50. The van der Waals surface area contributed by atoms with Gasteiger partial charge in [-0.1, -0.05) is 38.1 Å². The molecule has 0 aliphatic carbocycles. The summed E-state index contributed by atoms with van der Waals surface area (Å²) < 4.78 is 0. The average Bonchev–Trinajstić information content (AvgIpc) is 2.30. The molecule has 0 fully saturated rings. The van der Waals surface area contributed by atoms with E-state index in [4.69, 9.17) is 0 Å².